The van der Waals surface area contributed by atoms with Crippen LogP contribution in [0, 0.1) is 0 Å². The maximum atomic E-state index is 5.88. The first-order chi connectivity index (χ1) is 5.11. The van der Waals surface area contributed by atoms with Crippen LogP contribution in [0.5, 0.6) is 0 Å². The van der Waals surface area contributed by atoms with Gasteiger partial charge in [-0.25, -0.2) is 0 Å². The van der Waals surface area contributed by atoms with E-state index in [1.165, 1.54) is 0 Å². The van der Waals surface area contributed by atoms with Gasteiger partial charge in [-0.15, -0.1) is 0 Å². The van der Waals surface area contributed by atoms with Crippen molar-refractivity contribution in [2.45, 2.75) is 0 Å². The van der Waals surface area contributed by atoms with E-state index in [9.17, 15) is 0 Å². The van der Waals surface area contributed by atoms with E-state index in [0.717, 1.165) is 11.5 Å². The molecule has 0 bridgehead atoms. The first-order valence-electron chi connectivity index (χ1n) is 3.42. The predicted octanol–water partition coefficient (Wildman–Crippen LogP) is 0.323. The summed E-state index contributed by atoms with van der Waals surface area (Å²) in [5.41, 5.74) is 6.45. The van der Waals surface area contributed by atoms with E-state index in [0.29, 0.717) is 0 Å². The lowest BCUT2D eigenvalue weighted by molar-refractivity contribution is 0.470. The Bertz CT molecular complexity index is 321. The second kappa shape index (κ2) is 1.66. The minimum atomic E-state index is 0.235. The number of nitrogens with two attached hydrogens (primary N) is 2. The minimum absolute atomic E-state index is 0.235. The van der Waals surface area contributed by atoms with E-state index in [1.54, 1.807) is 0 Å². The number of fused-ring (bicyclic) bond motifs is 1. The zero-order valence-electron chi connectivity index (χ0n) is 6.36. The van der Waals surface area contributed by atoms with Crippen LogP contribution in [0.3, 0.4) is 0 Å². The monoisotopic (exact) mass is 151 g/mol. The summed E-state index contributed by atoms with van der Waals surface area (Å²) in [4.78, 5) is 0. The Balaban J connectivity index is 2.68. The molecular weight excluding hydrogens is 140 g/mol. The Morgan fingerprint density at radius 1 is 1.55 bits per heavy atom. The van der Waals surface area contributed by atoms with Crippen LogP contribution in [0.1, 0.15) is 0 Å². The highest BCUT2D eigenvalue weighted by Crippen LogP contribution is 2.31. The van der Waals surface area contributed by atoms with Gasteiger partial charge in [0.2, 0.25) is 0 Å². The quantitative estimate of drug-likeness (QED) is 0.414. The van der Waals surface area contributed by atoms with E-state index >= 15 is 0 Å². The molecular formula is C7H11N4+. The molecule has 0 saturated carbocycles. The molecule has 1 aromatic rings. The number of nitrogen functional groups attached to an aromatic ring is 1. The van der Waals surface area contributed by atoms with Gasteiger partial charge in [-0.1, -0.05) is 0 Å². The van der Waals surface area contributed by atoms with Gasteiger partial charge in [0.25, 0.3) is 5.82 Å². The number of aromatic nitrogens is 1. The number of hydrogen-bond acceptors (Lipinski definition) is 2. The van der Waals surface area contributed by atoms with Crippen molar-refractivity contribution in [3.63, 3.8) is 0 Å². The summed E-state index contributed by atoms with van der Waals surface area (Å²) in [6, 6.07) is 1.85. The van der Waals surface area contributed by atoms with Crippen LogP contribution in [0.2, 0.25) is 0 Å². The van der Waals surface area contributed by atoms with Crippen molar-refractivity contribution in [2.24, 2.45) is 5.84 Å². The molecule has 0 aromatic carbocycles. The Morgan fingerprint density at radius 2 is 2.27 bits per heavy atom. The van der Waals surface area contributed by atoms with Crippen molar-refractivity contribution < 1.29 is 0 Å². The maximum absolute atomic E-state index is 5.88. The number of rotatable bonds is 0. The molecule has 1 atom stereocenters. The molecule has 1 aliphatic heterocycles. The summed E-state index contributed by atoms with van der Waals surface area (Å²) < 4.78 is 2.16. The minimum Gasteiger partial charge on any atom is -0.392 e. The van der Waals surface area contributed by atoms with Gasteiger partial charge in [0.1, 0.15) is 11.9 Å². The second-order valence-electron chi connectivity index (χ2n) is 2.95. The van der Waals surface area contributed by atoms with Gasteiger partial charge in [0.15, 0.2) is 0 Å². The maximum Gasteiger partial charge on any atom is 0.259 e. The van der Waals surface area contributed by atoms with E-state index in [-0.39, 0.29) is 4.59 Å². The van der Waals surface area contributed by atoms with Crippen molar-refractivity contribution >= 4 is 17.7 Å². The van der Waals surface area contributed by atoms with Crippen LogP contribution < -0.4 is 16.2 Å². The number of anilines is 1. The second-order valence-corrected chi connectivity index (χ2v) is 2.95. The molecule has 1 aromatic heterocycles. The van der Waals surface area contributed by atoms with Crippen LogP contribution >= 0.6 is 0 Å². The molecule has 4 N–H and O–H groups in total. The van der Waals surface area contributed by atoms with Gasteiger partial charge in [0.05, 0.1) is 13.2 Å². The summed E-state index contributed by atoms with van der Waals surface area (Å²) in [6.45, 7) is 0. The average molecular weight is 151 g/mol. The molecule has 0 fully saturated rings. The van der Waals surface area contributed by atoms with E-state index in [1.807, 2.05) is 36.3 Å². The highest BCUT2D eigenvalue weighted by molar-refractivity contribution is 5.69. The molecule has 4 nitrogen and oxygen atoms in total. The highest BCUT2D eigenvalue weighted by atomic mass is 15.6. The van der Waals surface area contributed by atoms with E-state index in [2.05, 4.69) is 0 Å². The molecule has 0 aliphatic carbocycles. The standard InChI is InChI=1S/C7H11N4/c1-11(9)5-4-10-3-2-6(8)7(10)11/h2-5H,8-9H2,1H3/q+1. The molecule has 0 spiro atoms. The van der Waals surface area contributed by atoms with E-state index < -0.39 is 0 Å². The molecule has 58 valence electrons. The Kier molecular flexibility index (Phi) is 0.976. The molecule has 2 heterocycles. The van der Waals surface area contributed by atoms with Gasteiger partial charge in [0, 0.05) is 6.20 Å². The van der Waals surface area contributed by atoms with Crippen molar-refractivity contribution in [1.29, 1.82) is 0 Å². The van der Waals surface area contributed by atoms with Crippen LogP contribution in [-0.4, -0.2) is 11.6 Å². The third-order valence-electron chi connectivity index (χ3n) is 1.91. The summed E-state index contributed by atoms with van der Waals surface area (Å²) in [7, 11) is 1.88. The molecule has 0 radical (unpaired) electrons. The smallest absolute Gasteiger partial charge is 0.259 e. The summed E-state index contributed by atoms with van der Waals surface area (Å²) in [6.07, 6.45) is 5.69. The van der Waals surface area contributed by atoms with Gasteiger partial charge < -0.3 is 5.73 Å². The molecule has 4 heteroatoms. The van der Waals surface area contributed by atoms with Gasteiger partial charge in [-0.05, 0) is 6.07 Å². The van der Waals surface area contributed by atoms with Gasteiger partial charge in [-0.2, -0.15) is 10.4 Å². The number of nitrogens with zero attached hydrogens (tertiary/aromatic N) is 2. The fourth-order valence-corrected chi connectivity index (χ4v) is 1.38. The van der Waals surface area contributed by atoms with Crippen molar-refractivity contribution in [3.8, 4) is 0 Å². The molecule has 0 saturated heterocycles. The fourth-order valence-electron chi connectivity index (χ4n) is 1.38. The molecule has 1 aliphatic rings. The lowest BCUT2D eigenvalue weighted by Crippen LogP contribution is -2.45. The lowest BCUT2D eigenvalue weighted by atomic mass is 10.5. The zero-order chi connectivity index (χ0) is 8.06. The van der Waals surface area contributed by atoms with Crippen LogP contribution in [0.25, 0.3) is 6.20 Å². The third-order valence-corrected chi connectivity index (χ3v) is 1.91. The Hall–Kier alpha value is -1.26. The van der Waals surface area contributed by atoms with E-state index in [4.69, 9.17) is 11.6 Å². The summed E-state index contributed by atoms with van der Waals surface area (Å²) >= 11 is 0. The highest BCUT2D eigenvalue weighted by Gasteiger charge is 2.29. The predicted molar refractivity (Wildman–Crippen MR) is 46.1 cm³/mol. The number of hydrogen-bond donors (Lipinski definition) is 2. The SMILES string of the molecule is C[N+]1(N)C=Cn2ccc(N)c21. The fraction of sp³-hybridized carbons (Fsp3) is 0.143. The zero-order valence-corrected chi connectivity index (χ0v) is 6.36. The number of quaternary nitrogens is 1. The molecule has 11 heavy (non-hydrogen) atoms. The van der Waals surface area contributed by atoms with Crippen molar-refractivity contribution in [3.05, 3.63) is 18.5 Å². The molecule has 0 amide bonds. The lowest BCUT2D eigenvalue weighted by Gasteiger charge is -2.17. The molecule has 1 unspecified atom stereocenters. The third kappa shape index (κ3) is 0.704. The first-order valence-corrected chi connectivity index (χ1v) is 3.42. The first kappa shape index (κ1) is 6.45. The van der Waals surface area contributed by atoms with Crippen LogP contribution in [-0.2, 0) is 0 Å². The summed E-state index contributed by atoms with van der Waals surface area (Å²) in [5, 5.41) is 0. The topological polar surface area (TPSA) is 57.0 Å². The normalized spacial score (nSPS) is 27.5. The largest absolute Gasteiger partial charge is 0.392 e. The van der Waals surface area contributed by atoms with Gasteiger partial charge >= 0.3 is 0 Å². The van der Waals surface area contributed by atoms with Crippen molar-refractivity contribution in [1.82, 2.24) is 9.16 Å². The van der Waals surface area contributed by atoms with Crippen LogP contribution in [0.15, 0.2) is 18.5 Å². The average Bonchev–Trinajstić information content (AvgIpc) is 2.38. The Labute approximate surface area is 64.9 Å². The van der Waals surface area contributed by atoms with Crippen LogP contribution in [0.4, 0.5) is 11.5 Å². The van der Waals surface area contributed by atoms with Crippen molar-refractivity contribution in [2.75, 3.05) is 12.8 Å². The Morgan fingerprint density at radius 3 is 2.91 bits per heavy atom. The van der Waals surface area contributed by atoms with Gasteiger partial charge in [-0.3, -0.25) is 4.57 Å². The molecule has 2 rings (SSSR count). The summed E-state index contributed by atoms with van der Waals surface area (Å²) in [5.74, 6) is 6.81.